The van der Waals surface area contributed by atoms with Crippen LogP contribution in [-0.2, 0) is 6.42 Å². The molecule has 0 heterocycles. The third-order valence-corrected chi connectivity index (χ3v) is 2.95. The summed E-state index contributed by atoms with van der Waals surface area (Å²) in [4.78, 5) is 0. The van der Waals surface area contributed by atoms with E-state index in [9.17, 15) is 0 Å². The van der Waals surface area contributed by atoms with Crippen molar-refractivity contribution in [2.24, 2.45) is 0 Å². The molecule has 0 radical (unpaired) electrons. The van der Waals surface area contributed by atoms with Gasteiger partial charge in [0, 0.05) is 12.4 Å². The maximum atomic E-state index is 5.71. The fraction of sp³-hybridized carbons (Fsp3) is 0.538. The summed E-state index contributed by atoms with van der Waals surface area (Å²) < 4.78 is 5.71. The second kappa shape index (κ2) is 7.55. The van der Waals surface area contributed by atoms with Crippen molar-refractivity contribution in [2.75, 3.05) is 24.3 Å². The molecule has 90 valence electrons. The van der Waals surface area contributed by atoms with Gasteiger partial charge in [-0.15, -0.1) is 0 Å². The Morgan fingerprint density at radius 3 is 2.81 bits per heavy atom. The highest BCUT2D eigenvalue weighted by atomic mass is 79.9. The van der Waals surface area contributed by atoms with E-state index in [1.54, 1.807) is 0 Å². The van der Waals surface area contributed by atoms with Gasteiger partial charge in [-0.25, -0.2) is 0 Å². The largest absolute Gasteiger partial charge is 0.491 e. The average Bonchev–Trinajstić information content (AvgIpc) is 2.31. The Labute approximate surface area is 107 Å². The smallest absolute Gasteiger partial charge is 0.142 e. The van der Waals surface area contributed by atoms with Crippen molar-refractivity contribution >= 4 is 21.6 Å². The number of halogens is 1. The van der Waals surface area contributed by atoms with E-state index >= 15 is 0 Å². The molecule has 2 nitrogen and oxygen atoms in total. The standard InChI is InChI=1S/C13H20BrNO/c1-3-5-11-6-7-13(12(10-11)15-2)16-9-4-8-14/h6-7,10,15H,3-5,8-9H2,1-2H3. The van der Waals surface area contributed by atoms with Crippen molar-refractivity contribution in [3.8, 4) is 5.75 Å². The molecule has 0 saturated carbocycles. The Bertz CT molecular complexity index is 315. The number of benzene rings is 1. The van der Waals surface area contributed by atoms with Crippen LogP contribution < -0.4 is 10.1 Å². The van der Waals surface area contributed by atoms with E-state index in [1.807, 2.05) is 7.05 Å². The molecular formula is C13H20BrNO. The third kappa shape index (κ3) is 4.05. The number of hydrogen-bond acceptors (Lipinski definition) is 2. The van der Waals surface area contributed by atoms with Crippen LogP contribution in [0, 0.1) is 0 Å². The molecule has 3 heteroatoms. The van der Waals surface area contributed by atoms with Crippen LogP contribution in [0.15, 0.2) is 18.2 Å². The lowest BCUT2D eigenvalue weighted by Crippen LogP contribution is -2.01. The van der Waals surface area contributed by atoms with Crippen molar-refractivity contribution in [1.29, 1.82) is 0 Å². The fourth-order valence-corrected chi connectivity index (χ4v) is 1.81. The molecule has 0 amide bonds. The zero-order chi connectivity index (χ0) is 11.8. The number of hydrogen-bond donors (Lipinski definition) is 1. The van der Waals surface area contributed by atoms with E-state index in [-0.39, 0.29) is 0 Å². The topological polar surface area (TPSA) is 21.3 Å². The average molecular weight is 286 g/mol. The summed E-state index contributed by atoms with van der Waals surface area (Å²) in [6, 6.07) is 6.38. The zero-order valence-corrected chi connectivity index (χ0v) is 11.6. The van der Waals surface area contributed by atoms with Crippen LogP contribution in [0.2, 0.25) is 0 Å². The lowest BCUT2D eigenvalue weighted by molar-refractivity contribution is 0.320. The summed E-state index contributed by atoms with van der Waals surface area (Å²) in [5.41, 5.74) is 2.44. The number of aryl methyl sites for hydroxylation is 1. The van der Waals surface area contributed by atoms with E-state index in [4.69, 9.17) is 4.74 Å². The number of anilines is 1. The van der Waals surface area contributed by atoms with Crippen LogP contribution in [0.4, 0.5) is 5.69 Å². The van der Waals surface area contributed by atoms with Gasteiger partial charge in [-0.1, -0.05) is 35.3 Å². The normalized spacial score (nSPS) is 10.2. The summed E-state index contributed by atoms with van der Waals surface area (Å²) in [5, 5.41) is 4.17. The molecule has 0 unspecified atom stereocenters. The van der Waals surface area contributed by atoms with Gasteiger partial charge < -0.3 is 10.1 Å². The number of alkyl halides is 1. The summed E-state index contributed by atoms with van der Waals surface area (Å²) in [6.45, 7) is 2.95. The SMILES string of the molecule is CCCc1ccc(OCCCBr)c(NC)c1. The van der Waals surface area contributed by atoms with Gasteiger partial charge in [0.15, 0.2) is 0 Å². The molecule has 0 aliphatic carbocycles. The van der Waals surface area contributed by atoms with Crippen LogP contribution in [0.1, 0.15) is 25.3 Å². The minimum atomic E-state index is 0.757. The second-order valence-electron chi connectivity index (χ2n) is 3.72. The van der Waals surface area contributed by atoms with E-state index in [2.05, 4.69) is 46.4 Å². The first kappa shape index (κ1) is 13.4. The first-order valence-corrected chi connectivity index (χ1v) is 6.93. The van der Waals surface area contributed by atoms with Crippen LogP contribution in [0.25, 0.3) is 0 Å². The molecular weight excluding hydrogens is 266 g/mol. The van der Waals surface area contributed by atoms with Gasteiger partial charge in [0.2, 0.25) is 0 Å². The minimum absolute atomic E-state index is 0.757. The zero-order valence-electron chi connectivity index (χ0n) is 10.1. The van der Waals surface area contributed by atoms with E-state index < -0.39 is 0 Å². The van der Waals surface area contributed by atoms with E-state index in [0.717, 1.165) is 36.2 Å². The summed E-state index contributed by atoms with van der Waals surface area (Å²) in [5.74, 6) is 0.948. The molecule has 0 saturated heterocycles. The van der Waals surface area contributed by atoms with Crippen LogP contribution >= 0.6 is 15.9 Å². The van der Waals surface area contributed by atoms with Crippen molar-refractivity contribution in [1.82, 2.24) is 0 Å². The highest BCUT2D eigenvalue weighted by Crippen LogP contribution is 2.26. The molecule has 1 rings (SSSR count). The van der Waals surface area contributed by atoms with Crippen LogP contribution in [-0.4, -0.2) is 19.0 Å². The predicted molar refractivity (Wildman–Crippen MR) is 73.9 cm³/mol. The summed E-state index contributed by atoms with van der Waals surface area (Å²) in [6.07, 6.45) is 3.32. The summed E-state index contributed by atoms with van der Waals surface area (Å²) in [7, 11) is 1.93. The van der Waals surface area contributed by atoms with Crippen LogP contribution in [0.5, 0.6) is 5.75 Å². The quantitative estimate of drug-likeness (QED) is 0.607. The van der Waals surface area contributed by atoms with Gasteiger partial charge in [-0.05, 0) is 30.5 Å². The monoisotopic (exact) mass is 285 g/mol. The Morgan fingerprint density at radius 2 is 2.19 bits per heavy atom. The van der Waals surface area contributed by atoms with Gasteiger partial charge in [0.1, 0.15) is 5.75 Å². The van der Waals surface area contributed by atoms with Gasteiger partial charge >= 0.3 is 0 Å². The van der Waals surface area contributed by atoms with Crippen molar-refractivity contribution < 1.29 is 4.74 Å². The predicted octanol–water partition coefficient (Wildman–Crippen LogP) is 3.84. The lowest BCUT2D eigenvalue weighted by atomic mass is 10.1. The molecule has 0 atom stereocenters. The van der Waals surface area contributed by atoms with Crippen molar-refractivity contribution in [3.05, 3.63) is 23.8 Å². The van der Waals surface area contributed by atoms with E-state index in [1.165, 1.54) is 12.0 Å². The molecule has 0 bridgehead atoms. The number of ether oxygens (including phenoxy) is 1. The first-order chi connectivity index (χ1) is 7.81. The lowest BCUT2D eigenvalue weighted by Gasteiger charge is -2.12. The maximum absolute atomic E-state index is 5.71. The molecule has 16 heavy (non-hydrogen) atoms. The number of nitrogens with one attached hydrogen (secondary N) is 1. The van der Waals surface area contributed by atoms with Gasteiger partial charge in [0.05, 0.1) is 12.3 Å². The third-order valence-electron chi connectivity index (χ3n) is 2.39. The first-order valence-electron chi connectivity index (χ1n) is 5.81. The summed E-state index contributed by atoms with van der Waals surface area (Å²) >= 11 is 3.40. The molecule has 0 fully saturated rings. The molecule has 1 aromatic carbocycles. The van der Waals surface area contributed by atoms with Crippen molar-refractivity contribution in [2.45, 2.75) is 26.2 Å². The van der Waals surface area contributed by atoms with Crippen molar-refractivity contribution in [3.63, 3.8) is 0 Å². The molecule has 0 spiro atoms. The Kier molecular flexibility index (Phi) is 6.31. The van der Waals surface area contributed by atoms with E-state index in [0.29, 0.717) is 0 Å². The maximum Gasteiger partial charge on any atom is 0.142 e. The minimum Gasteiger partial charge on any atom is -0.491 e. The Morgan fingerprint density at radius 1 is 1.38 bits per heavy atom. The highest BCUT2D eigenvalue weighted by molar-refractivity contribution is 9.09. The molecule has 0 aliphatic heterocycles. The highest BCUT2D eigenvalue weighted by Gasteiger charge is 2.03. The Hall–Kier alpha value is -0.700. The molecule has 0 aromatic heterocycles. The Balaban J connectivity index is 2.68. The van der Waals surface area contributed by atoms with Gasteiger partial charge in [-0.3, -0.25) is 0 Å². The van der Waals surface area contributed by atoms with Gasteiger partial charge in [0.25, 0.3) is 0 Å². The molecule has 1 N–H and O–H groups in total. The fourth-order valence-electron chi connectivity index (χ4n) is 1.58. The number of rotatable bonds is 7. The second-order valence-corrected chi connectivity index (χ2v) is 4.51. The van der Waals surface area contributed by atoms with Crippen LogP contribution in [0.3, 0.4) is 0 Å². The molecule has 0 aliphatic rings. The molecule has 1 aromatic rings. The van der Waals surface area contributed by atoms with Gasteiger partial charge in [-0.2, -0.15) is 0 Å².